The number of rotatable bonds is 11. The van der Waals surface area contributed by atoms with Gasteiger partial charge in [-0.25, -0.2) is 0 Å². The smallest absolute Gasteiger partial charge is 0.251 e. The van der Waals surface area contributed by atoms with E-state index in [4.69, 9.17) is 9.47 Å². The largest absolute Gasteiger partial charge is 0.496 e. The predicted molar refractivity (Wildman–Crippen MR) is 143 cm³/mol. The molecule has 0 heterocycles. The summed E-state index contributed by atoms with van der Waals surface area (Å²) in [7, 11) is 4.67. The summed E-state index contributed by atoms with van der Waals surface area (Å²) in [6, 6.07) is 11.1. The lowest BCUT2D eigenvalue weighted by Crippen LogP contribution is -2.23. The first-order valence-corrected chi connectivity index (χ1v) is 12.4. The first-order chi connectivity index (χ1) is 17.1. The fourth-order valence-electron chi connectivity index (χ4n) is 4.35. The Bertz CT molecular complexity index is 1110. The van der Waals surface area contributed by atoms with Crippen LogP contribution in [0.5, 0.6) is 11.5 Å². The Morgan fingerprint density at radius 3 is 2.31 bits per heavy atom. The normalized spacial score (nSPS) is 11.8. The van der Waals surface area contributed by atoms with E-state index >= 15 is 0 Å². The van der Waals surface area contributed by atoms with Gasteiger partial charge in [0.1, 0.15) is 17.6 Å². The molecule has 7 heteroatoms. The molecule has 2 rings (SSSR count). The van der Waals surface area contributed by atoms with Crippen molar-refractivity contribution in [3.05, 3.63) is 52.6 Å². The highest BCUT2D eigenvalue weighted by molar-refractivity contribution is 5.98. The second-order valence-electron chi connectivity index (χ2n) is 9.94. The number of hydrogen-bond donors (Lipinski definition) is 2. The van der Waals surface area contributed by atoms with Gasteiger partial charge in [0.2, 0.25) is 5.91 Å². The van der Waals surface area contributed by atoms with Crippen LogP contribution in [0.1, 0.15) is 92.8 Å². The number of hydrogen-bond acceptors (Lipinski definition) is 5. The van der Waals surface area contributed by atoms with Crippen molar-refractivity contribution in [2.24, 2.45) is 0 Å². The van der Waals surface area contributed by atoms with Gasteiger partial charge < -0.3 is 20.1 Å². The summed E-state index contributed by atoms with van der Waals surface area (Å²) in [5.74, 6) is 0.514. The van der Waals surface area contributed by atoms with E-state index in [1.807, 2.05) is 6.07 Å². The highest BCUT2D eigenvalue weighted by Gasteiger charge is 2.25. The van der Waals surface area contributed by atoms with Gasteiger partial charge in [-0.3, -0.25) is 9.59 Å². The van der Waals surface area contributed by atoms with Crippen LogP contribution in [0.4, 0.5) is 5.69 Å². The zero-order chi connectivity index (χ0) is 26.9. The van der Waals surface area contributed by atoms with Crippen LogP contribution in [0.15, 0.2) is 30.3 Å². The minimum absolute atomic E-state index is 0.148. The van der Waals surface area contributed by atoms with E-state index in [9.17, 15) is 14.9 Å². The molecule has 0 fully saturated rings. The average molecular weight is 494 g/mol. The maximum absolute atomic E-state index is 13.4. The first-order valence-electron chi connectivity index (χ1n) is 12.4. The maximum atomic E-state index is 13.4. The minimum Gasteiger partial charge on any atom is -0.496 e. The SMILES string of the molecule is CCCCCC(CC(=O)Nc1cc(C(=O)NC)ccc1C(C)(C)C)c1cc(C#N)c(OC)cc1OC. The van der Waals surface area contributed by atoms with Crippen LogP contribution in [-0.2, 0) is 10.2 Å². The first kappa shape index (κ1) is 28.7. The Balaban J connectivity index is 2.44. The number of methoxy groups -OCH3 is 2. The highest BCUT2D eigenvalue weighted by Crippen LogP contribution is 2.38. The maximum Gasteiger partial charge on any atom is 0.251 e. The number of carbonyl (C=O) groups is 2. The number of anilines is 1. The van der Waals surface area contributed by atoms with Crippen LogP contribution in [0.3, 0.4) is 0 Å². The highest BCUT2D eigenvalue weighted by atomic mass is 16.5. The molecule has 2 amide bonds. The lowest BCUT2D eigenvalue weighted by atomic mass is 9.84. The van der Waals surface area contributed by atoms with Crippen LogP contribution in [0.25, 0.3) is 0 Å². The summed E-state index contributed by atoms with van der Waals surface area (Å²) in [5, 5.41) is 15.3. The van der Waals surface area contributed by atoms with Crippen molar-refractivity contribution in [2.45, 2.75) is 71.1 Å². The van der Waals surface area contributed by atoms with Crippen molar-refractivity contribution in [1.29, 1.82) is 5.26 Å². The van der Waals surface area contributed by atoms with Crippen molar-refractivity contribution in [3.63, 3.8) is 0 Å². The van der Waals surface area contributed by atoms with E-state index in [2.05, 4.69) is 44.4 Å². The number of unbranched alkanes of at least 4 members (excludes halogenated alkanes) is 2. The van der Waals surface area contributed by atoms with E-state index in [0.717, 1.165) is 36.8 Å². The molecule has 0 radical (unpaired) electrons. The van der Waals surface area contributed by atoms with E-state index in [1.165, 1.54) is 7.11 Å². The minimum atomic E-state index is -0.231. The summed E-state index contributed by atoms with van der Waals surface area (Å²) >= 11 is 0. The van der Waals surface area contributed by atoms with Gasteiger partial charge in [-0.2, -0.15) is 5.26 Å². The molecule has 0 aromatic heterocycles. The molecule has 0 saturated heterocycles. The number of amides is 2. The number of ether oxygens (including phenoxy) is 2. The molecule has 0 aliphatic rings. The molecular formula is C29H39N3O4. The molecule has 0 aliphatic heterocycles. The van der Waals surface area contributed by atoms with Crippen LogP contribution < -0.4 is 20.1 Å². The van der Waals surface area contributed by atoms with E-state index in [-0.39, 0.29) is 29.6 Å². The van der Waals surface area contributed by atoms with Gasteiger partial charge in [0.05, 0.1) is 19.8 Å². The number of carbonyl (C=O) groups excluding carboxylic acids is 2. The Morgan fingerprint density at radius 2 is 1.75 bits per heavy atom. The Hall–Kier alpha value is -3.53. The van der Waals surface area contributed by atoms with Crippen molar-refractivity contribution in [1.82, 2.24) is 5.32 Å². The van der Waals surface area contributed by atoms with Crippen molar-refractivity contribution in [3.8, 4) is 17.6 Å². The number of nitriles is 1. The monoisotopic (exact) mass is 493 g/mol. The third-order valence-electron chi connectivity index (χ3n) is 6.29. The molecule has 36 heavy (non-hydrogen) atoms. The van der Waals surface area contributed by atoms with Gasteiger partial charge in [-0.05, 0) is 47.1 Å². The third-order valence-corrected chi connectivity index (χ3v) is 6.29. The summed E-state index contributed by atoms with van der Waals surface area (Å²) in [4.78, 5) is 25.6. The van der Waals surface area contributed by atoms with Gasteiger partial charge in [0.15, 0.2) is 0 Å². The van der Waals surface area contributed by atoms with Crippen LogP contribution in [-0.4, -0.2) is 33.1 Å². The fourth-order valence-corrected chi connectivity index (χ4v) is 4.35. The van der Waals surface area contributed by atoms with Crippen molar-refractivity contribution < 1.29 is 19.1 Å². The zero-order valence-electron chi connectivity index (χ0n) is 22.6. The summed E-state index contributed by atoms with van der Waals surface area (Å²) in [5.41, 5.74) is 3.04. The molecule has 1 atom stereocenters. The standard InChI is InChI=1S/C29H39N3O4/c1-8-9-10-11-19(22-14-21(18-30)25(35-6)17-26(22)36-7)16-27(33)32-24-15-20(28(34)31-5)12-13-23(24)29(2,3)4/h12-15,17,19H,8-11,16H2,1-7H3,(H,31,34)(H,32,33). The lowest BCUT2D eigenvalue weighted by Gasteiger charge is -2.25. The summed E-state index contributed by atoms with van der Waals surface area (Å²) in [6.45, 7) is 8.33. The van der Waals surface area contributed by atoms with E-state index < -0.39 is 0 Å². The van der Waals surface area contributed by atoms with Gasteiger partial charge in [-0.1, -0.05) is 53.0 Å². The van der Waals surface area contributed by atoms with Crippen molar-refractivity contribution in [2.75, 3.05) is 26.6 Å². The molecule has 0 bridgehead atoms. The molecule has 2 N–H and O–H groups in total. The quantitative estimate of drug-likeness (QED) is 0.378. The molecule has 7 nitrogen and oxygen atoms in total. The molecule has 0 saturated carbocycles. The summed E-state index contributed by atoms with van der Waals surface area (Å²) in [6.07, 6.45) is 4.04. The Morgan fingerprint density at radius 1 is 1.06 bits per heavy atom. The average Bonchev–Trinajstić information content (AvgIpc) is 2.86. The molecule has 0 aliphatic carbocycles. The van der Waals surface area contributed by atoms with Crippen molar-refractivity contribution >= 4 is 17.5 Å². The second kappa shape index (κ2) is 13.0. The van der Waals surface area contributed by atoms with Gasteiger partial charge in [0, 0.05) is 30.8 Å². The topological polar surface area (TPSA) is 100 Å². The molecule has 0 spiro atoms. The molecule has 2 aromatic rings. The lowest BCUT2D eigenvalue weighted by molar-refractivity contribution is -0.116. The third kappa shape index (κ3) is 7.24. The molecule has 194 valence electrons. The molecule has 1 unspecified atom stereocenters. The number of nitrogens with one attached hydrogen (secondary N) is 2. The fraction of sp³-hybridized carbons (Fsp3) is 0.483. The second-order valence-corrected chi connectivity index (χ2v) is 9.94. The summed E-state index contributed by atoms with van der Waals surface area (Å²) < 4.78 is 11.0. The number of nitrogens with zero attached hydrogens (tertiary/aromatic N) is 1. The molecular weight excluding hydrogens is 454 g/mol. The predicted octanol–water partition coefficient (Wildman–Crippen LogP) is 5.93. The van der Waals surface area contributed by atoms with E-state index in [1.54, 1.807) is 38.4 Å². The van der Waals surface area contributed by atoms with Gasteiger partial charge in [-0.15, -0.1) is 0 Å². The van der Waals surface area contributed by atoms with Crippen LogP contribution in [0, 0.1) is 11.3 Å². The zero-order valence-corrected chi connectivity index (χ0v) is 22.6. The van der Waals surface area contributed by atoms with E-state index in [0.29, 0.717) is 28.3 Å². The molecule has 2 aromatic carbocycles. The Kier molecular flexibility index (Phi) is 10.3. The van der Waals surface area contributed by atoms with Gasteiger partial charge in [0.25, 0.3) is 5.91 Å². The van der Waals surface area contributed by atoms with Crippen LogP contribution >= 0.6 is 0 Å². The van der Waals surface area contributed by atoms with Gasteiger partial charge >= 0.3 is 0 Å². The number of benzene rings is 2. The van der Waals surface area contributed by atoms with Crippen LogP contribution in [0.2, 0.25) is 0 Å². The Labute approximate surface area is 215 Å².